The third-order valence-electron chi connectivity index (χ3n) is 3.92. The number of benzene rings is 2. The Morgan fingerprint density at radius 2 is 1.45 bits per heavy atom. The van der Waals surface area contributed by atoms with Gasteiger partial charge < -0.3 is 20.3 Å². The zero-order valence-electron chi connectivity index (χ0n) is 16.6. The number of hydrogen-bond donors (Lipinski definition) is 2. The van der Waals surface area contributed by atoms with E-state index in [1.165, 1.54) is 17.7 Å². The van der Waals surface area contributed by atoms with Gasteiger partial charge in [0.05, 0.1) is 0 Å². The first-order valence-electron chi connectivity index (χ1n) is 8.78. The average Bonchev–Trinajstić information content (AvgIpc) is 2.62. The average molecular weight is 522 g/mol. The van der Waals surface area contributed by atoms with Gasteiger partial charge in [0.15, 0.2) is 5.96 Å². The molecule has 0 bridgehead atoms. The van der Waals surface area contributed by atoms with E-state index < -0.39 is 6.36 Å². The van der Waals surface area contributed by atoms with Crippen LogP contribution in [0, 0.1) is 0 Å². The molecule has 2 aromatic carbocycles. The number of alkyl halides is 3. The fourth-order valence-electron chi connectivity index (χ4n) is 2.68. The molecule has 2 rings (SSSR count). The van der Waals surface area contributed by atoms with Crippen molar-refractivity contribution in [2.75, 3.05) is 21.1 Å². The predicted molar refractivity (Wildman–Crippen MR) is 119 cm³/mol. The second-order valence-electron chi connectivity index (χ2n) is 6.44. The summed E-state index contributed by atoms with van der Waals surface area (Å²) >= 11 is 0. The van der Waals surface area contributed by atoms with E-state index in [1.807, 2.05) is 32.3 Å². The highest BCUT2D eigenvalue weighted by atomic mass is 127. The third kappa shape index (κ3) is 8.90. The van der Waals surface area contributed by atoms with Gasteiger partial charge in [-0.05, 0) is 31.3 Å². The first-order chi connectivity index (χ1) is 13.3. The van der Waals surface area contributed by atoms with Crippen molar-refractivity contribution in [1.29, 1.82) is 0 Å². The van der Waals surface area contributed by atoms with Crippen LogP contribution in [0.25, 0.3) is 0 Å². The van der Waals surface area contributed by atoms with Gasteiger partial charge in [0.25, 0.3) is 0 Å². The van der Waals surface area contributed by atoms with Crippen molar-refractivity contribution in [2.45, 2.75) is 26.0 Å². The molecule has 0 radical (unpaired) electrons. The van der Waals surface area contributed by atoms with Crippen molar-refractivity contribution >= 4 is 29.9 Å². The standard InChI is InChI=1S/C20H25F3N4O.HI/c1-24-19(25-12-15-8-4-5-10-17(15)14-27(2)3)26-13-16-9-6-7-11-18(16)28-20(21,22)23;/h4-11H,12-14H2,1-3H3,(H2,24,25,26);1H. The highest BCUT2D eigenvalue weighted by Gasteiger charge is 2.31. The first kappa shape index (κ1) is 25.0. The summed E-state index contributed by atoms with van der Waals surface area (Å²) in [7, 11) is 5.62. The summed E-state index contributed by atoms with van der Waals surface area (Å²) in [6, 6.07) is 14.1. The third-order valence-corrected chi connectivity index (χ3v) is 3.92. The van der Waals surface area contributed by atoms with Crippen LogP contribution in [-0.2, 0) is 19.6 Å². The Bertz CT molecular complexity index is 797. The Balaban J connectivity index is 0.00000420. The zero-order chi connectivity index (χ0) is 20.6. The summed E-state index contributed by atoms with van der Waals surface area (Å²) in [5, 5.41) is 6.22. The van der Waals surface area contributed by atoms with E-state index in [-0.39, 0.29) is 36.3 Å². The molecule has 0 unspecified atom stereocenters. The van der Waals surface area contributed by atoms with Crippen LogP contribution in [0.3, 0.4) is 0 Å². The van der Waals surface area contributed by atoms with Gasteiger partial charge in [0.2, 0.25) is 0 Å². The van der Waals surface area contributed by atoms with Crippen LogP contribution in [0.1, 0.15) is 16.7 Å². The van der Waals surface area contributed by atoms with Crippen LogP contribution in [-0.4, -0.2) is 38.4 Å². The van der Waals surface area contributed by atoms with Gasteiger partial charge in [-0.3, -0.25) is 4.99 Å². The number of hydrogen-bond acceptors (Lipinski definition) is 3. The second kappa shape index (κ2) is 11.9. The maximum absolute atomic E-state index is 12.5. The molecule has 160 valence electrons. The molecule has 0 spiro atoms. The first-order valence-corrected chi connectivity index (χ1v) is 8.78. The van der Waals surface area contributed by atoms with Gasteiger partial charge in [0.1, 0.15) is 5.75 Å². The largest absolute Gasteiger partial charge is 0.573 e. The van der Waals surface area contributed by atoms with Crippen LogP contribution in [0.5, 0.6) is 5.75 Å². The summed E-state index contributed by atoms with van der Waals surface area (Å²) in [6.07, 6.45) is -4.73. The molecule has 2 aromatic rings. The number of para-hydroxylation sites is 1. The number of halogens is 4. The van der Waals surface area contributed by atoms with Crippen molar-refractivity contribution in [2.24, 2.45) is 4.99 Å². The lowest BCUT2D eigenvalue weighted by molar-refractivity contribution is -0.274. The number of guanidine groups is 1. The Morgan fingerprint density at radius 1 is 0.931 bits per heavy atom. The van der Waals surface area contributed by atoms with Gasteiger partial charge in [-0.15, -0.1) is 37.1 Å². The molecule has 0 amide bonds. The summed E-state index contributed by atoms with van der Waals surface area (Å²) < 4.78 is 41.7. The molecule has 0 fully saturated rings. The molecule has 0 aromatic heterocycles. The molecule has 0 saturated carbocycles. The SMILES string of the molecule is CN=C(NCc1ccccc1CN(C)C)NCc1ccccc1OC(F)(F)F.I. The molecular formula is C20H26F3IN4O. The Kier molecular flexibility index (Phi) is 10.2. The van der Waals surface area contributed by atoms with Crippen LogP contribution >= 0.6 is 24.0 Å². The van der Waals surface area contributed by atoms with E-state index in [0.717, 1.165) is 12.1 Å². The highest BCUT2D eigenvalue weighted by molar-refractivity contribution is 14.0. The topological polar surface area (TPSA) is 48.9 Å². The number of ether oxygens (including phenoxy) is 1. The van der Waals surface area contributed by atoms with E-state index in [2.05, 4.69) is 31.3 Å². The summed E-state index contributed by atoms with van der Waals surface area (Å²) in [5.74, 6) is 0.260. The van der Waals surface area contributed by atoms with Crippen LogP contribution < -0.4 is 15.4 Å². The monoisotopic (exact) mass is 522 g/mol. The van der Waals surface area contributed by atoms with Crippen molar-refractivity contribution in [3.05, 3.63) is 65.2 Å². The summed E-state index contributed by atoms with van der Waals surface area (Å²) in [5.41, 5.74) is 2.70. The van der Waals surface area contributed by atoms with Crippen molar-refractivity contribution < 1.29 is 17.9 Å². The van der Waals surface area contributed by atoms with Gasteiger partial charge >= 0.3 is 6.36 Å². The smallest absolute Gasteiger partial charge is 0.405 e. The van der Waals surface area contributed by atoms with Gasteiger partial charge in [0, 0.05) is 32.2 Å². The van der Waals surface area contributed by atoms with Crippen molar-refractivity contribution in [3.8, 4) is 5.75 Å². The van der Waals surface area contributed by atoms with E-state index in [9.17, 15) is 13.2 Å². The van der Waals surface area contributed by atoms with Crippen molar-refractivity contribution in [3.63, 3.8) is 0 Å². The summed E-state index contributed by atoms with van der Waals surface area (Å²) in [4.78, 5) is 6.22. The Morgan fingerprint density at radius 3 is 2.00 bits per heavy atom. The highest BCUT2D eigenvalue weighted by Crippen LogP contribution is 2.26. The Hall–Kier alpha value is -2.01. The molecule has 2 N–H and O–H groups in total. The molecule has 0 atom stereocenters. The molecule has 0 saturated heterocycles. The molecular weight excluding hydrogens is 496 g/mol. The lowest BCUT2D eigenvalue weighted by atomic mass is 10.1. The van der Waals surface area contributed by atoms with Gasteiger partial charge in [-0.1, -0.05) is 42.5 Å². The minimum Gasteiger partial charge on any atom is -0.405 e. The molecule has 0 aliphatic rings. The predicted octanol–water partition coefficient (Wildman–Crippen LogP) is 4.13. The molecule has 9 heteroatoms. The fraction of sp³-hybridized carbons (Fsp3) is 0.350. The lowest BCUT2D eigenvalue weighted by Gasteiger charge is -2.17. The maximum atomic E-state index is 12.5. The molecule has 0 heterocycles. The minimum absolute atomic E-state index is 0. The van der Waals surface area contributed by atoms with Crippen LogP contribution in [0.4, 0.5) is 13.2 Å². The maximum Gasteiger partial charge on any atom is 0.573 e. The normalized spacial score (nSPS) is 11.8. The van der Waals surface area contributed by atoms with Crippen molar-refractivity contribution in [1.82, 2.24) is 15.5 Å². The zero-order valence-corrected chi connectivity index (χ0v) is 18.9. The van der Waals surface area contributed by atoms with E-state index in [0.29, 0.717) is 18.1 Å². The lowest BCUT2D eigenvalue weighted by Crippen LogP contribution is -2.36. The van der Waals surface area contributed by atoms with Crippen LogP contribution in [0.2, 0.25) is 0 Å². The number of nitrogens with one attached hydrogen (secondary N) is 2. The second-order valence-corrected chi connectivity index (χ2v) is 6.44. The van der Waals surface area contributed by atoms with E-state index in [1.54, 1.807) is 19.2 Å². The molecule has 29 heavy (non-hydrogen) atoms. The molecule has 5 nitrogen and oxygen atoms in total. The number of aliphatic imine (C=N–C) groups is 1. The quantitative estimate of drug-likeness (QED) is 0.327. The van der Waals surface area contributed by atoms with Gasteiger partial charge in [-0.2, -0.15) is 0 Å². The van der Waals surface area contributed by atoms with E-state index in [4.69, 9.17) is 0 Å². The van der Waals surface area contributed by atoms with Crippen LogP contribution in [0.15, 0.2) is 53.5 Å². The molecule has 0 aliphatic carbocycles. The van der Waals surface area contributed by atoms with E-state index >= 15 is 0 Å². The Labute approximate surface area is 186 Å². The minimum atomic E-state index is -4.73. The molecule has 0 aliphatic heterocycles. The fourth-order valence-corrected chi connectivity index (χ4v) is 2.68. The van der Waals surface area contributed by atoms with Gasteiger partial charge in [-0.25, -0.2) is 0 Å². The number of rotatable bonds is 7. The number of nitrogens with zero attached hydrogens (tertiary/aromatic N) is 2. The summed E-state index contributed by atoms with van der Waals surface area (Å²) in [6.45, 7) is 1.50.